The maximum atomic E-state index is 12.5. The molecule has 0 radical (unpaired) electrons. The minimum atomic E-state index is -0.0555. The van der Waals surface area contributed by atoms with Crippen LogP contribution in [0.5, 0.6) is 0 Å². The number of rotatable bonds is 1. The van der Waals surface area contributed by atoms with Crippen LogP contribution in [0.25, 0.3) is 21.7 Å². The Kier molecular flexibility index (Phi) is 3.03. The summed E-state index contributed by atoms with van der Waals surface area (Å²) >= 11 is 1.66. The summed E-state index contributed by atoms with van der Waals surface area (Å²) in [5.74, 6) is 0.497. The molecule has 0 spiro atoms. The first kappa shape index (κ1) is 12.6. The molecule has 0 aromatic carbocycles. The lowest BCUT2D eigenvalue weighted by molar-refractivity contribution is 0.713. The largest absolute Gasteiger partial charge is 0.305 e. The molecular weight excluding hydrogens is 284 g/mol. The highest BCUT2D eigenvalue weighted by Gasteiger charge is 2.19. The number of H-pyrrole nitrogens is 1. The number of hydrogen-bond donors (Lipinski definition) is 1. The minimum absolute atomic E-state index is 0.0555. The van der Waals surface area contributed by atoms with E-state index in [2.05, 4.69) is 19.9 Å². The molecule has 6 heteroatoms. The second-order valence-corrected chi connectivity index (χ2v) is 6.33. The average molecular weight is 298 g/mol. The van der Waals surface area contributed by atoms with Crippen molar-refractivity contribution in [3.63, 3.8) is 0 Å². The number of aryl methyl sites for hydroxylation is 2. The molecule has 0 bridgehead atoms. The van der Waals surface area contributed by atoms with Crippen molar-refractivity contribution < 1.29 is 0 Å². The molecule has 0 fully saturated rings. The fourth-order valence-corrected chi connectivity index (χ4v) is 4.15. The van der Waals surface area contributed by atoms with Crippen molar-refractivity contribution >= 4 is 21.6 Å². The third kappa shape index (κ3) is 2.15. The first-order chi connectivity index (χ1) is 10.3. The summed E-state index contributed by atoms with van der Waals surface area (Å²) in [6, 6.07) is 0. The van der Waals surface area contributed by atoms with Gasteiger partial charge in [0.1, 0.15) is 10.5 Å². The predicted molar refractivity (Wildman–Crippen MR) is 82.5 cm³/mol. The summed E-state index contributed by atoms with van der Waals surface area (Å²) in [5.41, 5.74) is 1.76. The first-order valence-corrected chi connectivity index (χ1v) is 7.95. The van der Waals surface area contributed by atoms with Gasteiger partial charge in [-0.15, -0.1) is 11.3 Å². The summed E-state index contributed by atoms with van der Waals surface area (Å²) in [5, 5.41) is 0.782. The molecule has 0 unspecified atom stereocenters. The Morgan fingerprint density at radius 1 is 1.14 bits per heavy atom. The maximum Gasteiger partial charge on any atom is 0.260 e. The van der Waals surface area contributed by atoms with E-state index in [1.165, 1.54) is 23.3 Å². The van der Waals surface area contributed by atoms with Crippen LogP contribution in [0, 0.1) is 0 Å². The van der Waals surface area contributed by atoms with Gasteiger partial charge in [-0.05, 0) is 31.2 Å². The summed E-state index contributed by atoms with van der Waals surface area (Å²) in [6.45, 7) is 0. The lowest BCUT2D eigenvalue weighted by Gasteiger charge is -2.00. The lowest BCUT2D eigenvalue weighted by atomic mass is 10.1. The highest BCUT2D eigenvalue weighted by Crippen LogP contribution is 2.33. The highest BCUT2D eigenvalue weighted by molar-refractivity contribution is 7.18. The SMILES string of the molecule is O=c1[nH]c(-c2cnccn2)nc2sc3c(c12)CCCCC3. The average Bonchev–Trinajstić information content (AvgIpc) is 2.71. The van der Waals surface area contributed by atoms with Crippen molar-refractivity contribution in [1.29, 1.82) is 0 Å². The second kappa shape index (κ2) is 5.04. The van der Waals surface area contributed by atoms with E-state index in [4.69, 9.17) is 0 Å². The van der Waals surface area contributed by atoms with Crippen molar-refractivity contribution in [3.8, 4) is 11.5 Å². The van der Waals surface area contributed by atoms with Crippen LogP contribution in [0.3, 0.4) is 0 Å². The molecule has 4 rings (SSSR count). The van der Waals surface area contributed by atoms with Gasteiger partial charge < -0.3 is 4.98 Å². The molecule has 3 aromatic rings. The summed E-state index contributed by atoms with van der Waals surface area (Å²) < 4.78 is 0. The maximum absolute atomic E-state index is 12.5. The molecule has 0 aliphatic heterocycles. The molecule has 0 saturated heterocycles. The van der Waals surface area contributed by atoms with Gasteiger partial charge in [-0.3, -0.25) is 9.78 Å². The summed E-state index contributed by atoms with van der Waals surface area (Å²) in [6.07, 6.45) is 10.5. The molecule has 0 amide bonds. The molecule has 5 nitrogen and oxygen atoms in total. The van der Waals surface area contributed by atoms with Crippen molar-refractivity contribution in [3.05, 3.63) is 39.4 Å². The Morgan fingerprint density at radius 3 is 2.90 bits per heavy atom. The number of aromatic nitrogens is 4. The third-order valence-electron chi connectivity index (χ3n) is 3.88. The third-order valence-corrected chi connectivity index (χ3v) is 5.07. The van der Waals surface area contributed by atoms with Gasteiger partial charge in [-0.2, -0.15) is 0 Å². The zero-order valence-corrected chi connectivity index (χ0v) is 12.2. The Balaban J connectivity index is 1.94. The molecule has 1 aliphatic rings. The van der Waals surface area contributed by atoms with E-state index in [-0.39, 0.29) is 5.56 Å². The molecule has 0 saturated carbocycles. The smallest absolute Gasteiger partial charge is 0.260 e. The van der Waals surface area contributed by atoms with Crippen LogP contribution in [-0.2, 0) is 12.8 Å². The number of nitrogens with zero attached hydrogens (tertiary/aromatic N) is 3. The van der Waals surface area contributed by atoms with Crippen LogP contribution in [-0.4, -0.2) is 19.9 Å². The second-order valence-electron chi connectivity index (χ2n) is 5.25. The molecule has 1 N–H and O–H groups in total. The Bertz CT molecular complexity index is 853. The zero-order chi connectivity index (χ0) is 14.2. The summed E-state index contributed by atoms with van der Waals surface area (Å²) in [7, 11) is 0. The fourth-order valence-electron chi connectivity index (χ4n) is 2.88. The van der Waals surface area contributed by atoms with E-state index >= 15 is 0 Å². The van der Waals surface area contributed by atoms with Crippen LogP contribution in [0.2, 0.25) is 0 Å². The Labute approximate surface area is 125 Å². The highest BCUT2D eigenvalue weighted by atomic mass is 32.1. The van der Waals surface area contributed by atoms with Crippen LogP contribution >= 0.6 is 11.3 Å². The first-order valence-electron chi connectivity index (χ1n) is 7.14. The van der Waals surface area contributed by atoms with Crippen molar-refractivity contribution in [2.45, 2.75) is 32.1 Å². The lowest BCUT2D eigenvalue weighted by Crippen LogP contribution is -2.10. The number of hydrogen-bond acceptors (Lipinski definition) is 5. The topological polar surface area (TPSA) is 71.5 Å². The minimum Gasteiger partial charge on any atom is -0.305 e. The molecule has 0 atom stereocenters. The van der Waals surface area contributed by atoms with Crippen LogP contribution in [0.1, 0.15) is 29.7 Å². The van der Waals surface area contributed by atoms with Gasteiger partial charge >= 0.3 is 0 Å². The Hall–Kier alpha value is -2.08. The predicted octanol–water partition coefficient (Wildman–Crippen LogP) is 2.71. The molecule has 21 heavy (non-hydrogen) atoms. The van der Waals surface area contributed by atoms with Gasteiger partial charge in [-0.25, -0.2) is 9.97 Å². The standard InChI is InChI=1S/C15H14N4OS/c20-14-12-9-4-2-1-3-5-11(9)21-15(12)19-13(18-14)10-8-16-6-7-17-10/h6-8H,1-5H2,(H,18,19,20). The van der Waals surface area contributed by atoms with E-state index in [0.717, 1.165) is 29.5 Å². The molecule has 106 valence electrons. The quantitative estimate of drug-likeness (QED) is 0.701. The number of nitrogens with one attached hydrogen (secondary N) is 1. The fraction of sp³-hybridized carbons (Fsp3) is 0.333. The van der Waals surface area contributed by atoms with Crippen molar-refractivity contribution in [1.82, 2.24) is 19.9 Å². The van der Waals surface area contributed by atoms with Gasteiger partial charge in [0, 0.05) is 17.3 Å². The van der Waals surface area contributed by atoms with Crippen molar-refractivity contribution in [2.75, 3.05) is 0 Å². The van der Waals surface area contributed by atoms with E-state index in [9.17, 15) is 4.79 Å². The normalized spacial score (nSPS) is 14.9. The zero-order valence-electron chi connectivity index (χ0n) is 11.4. The van der Waals surface area contributed by atoms with Gasteiger partial charge in [0.2, 0.25) is 0 Å². The van der Waals surface area contributed by atoms with Crippen LogP contribution in [0.15, 0.2) is 23.4 Å². The van der Waals surface area contributed by atoms with Gasteiger partial charge in [0.15, 0.2) is 5.82 Å². The van der Waals surface area contributed by atoms with Gasteiger partial charge in [0.25, 0.3) is 5.56 Å². The molecular formula is C15H14N4OS. The van der Waals surface area contributed by atoms with E-state index in [1.54, 1.807) is 29.9 Å². The van der Waals surface area contributed by atoms with Crippen molar-refractivity contribution in [2.24, 2.45) is 0 Å². The molecule has 1 aliphatic carbocycles. The monoisotopic (exact) mass is 298 g/mol. The van der Waals surface area contributed by atoms with Crippen LogP contribution in [0.4, 0.5) is 0 Å². The number of thiophene rings is 1. The molecule has 3 aromatic heterocycles. The number of fused-ring (bicyclic) bond motifs is 3. The Morgan fingerprint density at radius 2 is 2.05 bits per heavy atom. The van der Waals surface area contributed by atoms with Gasteiger partial charge in [0.05, 0.1) is 11.6 Å². The van der Waals surface area contributed by atoms with E-state index < -0.39 is 0 Å². The number of aromatic amines is 1. The van der Waals surface area contributed by atoms with Crippen LogP contribution < -0.4 is 5.56 Å². The summed E-state index contributed by atoms with van der Waals surface area (Å²) in [4.78, 5) is 30.3. The molecule has 3 heterocycles. The van der Waals surface area contributed by atoms with E-state index in [0.29, 0.717) is 11.5 Å². The van der Waals surface area contributed by atoms with Gasteiger partial charge in [-0.1, -0.05) is 6.42 Å². The van der Waals surface area contributed by atoms with E-state index in [1.807, 2.05) is 0 Å².